The summed E-state index contributed by atoms with van der Waals surface area (Å²) in [7, 11) is 0. The number of rotatable bonds is 3. The molecule has 0 rings (SSSR count). The molecule has 0 spiro atoms. The minimum absolute atomic E-state index is 0. The molecule has 0 radical (unpaired) electrons. The third kappa shape index (κ3) is 12.5. The summed E-state index contributed by atoms with van der Waals surface area (Å²) >= 11 is 0. The molecular formula is C4H11NaO7. The van der Waals surface area contributed by atoms with Crippen molar-refractivity contribution in [2.45, 2.75) is 12.5 Å². The second-order valence-electron chi connectivity index (χ2n) is 1.45. The fourth-order valence-electron chi connectivity index (χ4n) is 0.253. The Morgan fingerprint density at radius 2 is 1.50 bits per heavy atom. The number of carbonyl (C=O) groups is 2. The van der Waals surface area contributed by atoms with E-state index in [1.165, 1.54) is 0 Å². The Morgan fingerprint density at radius 3 is 1.58 bits per heavy atom. The molecule has 0 aromatic carbocycles. The Hall–Kier alpha value is -0.180. The summed E-state index contributed by atoms with van der Waals surface area (Å²) in [6, 6.07) is 0. The molecule has 0 aromatic heterocycles. The number of hydrogen-bond donors (Lipinski definition) is 3. The summed E-state index contributed by atoms with van der Waals surface area (Å²) in [6.07, 6.45) is -2.54. The molecule has 0 heterocycles. The fraction of sp³-hybridized carbons (Fsp3) is 0.500. The van der Waals surface area contributed by atoms with Gasteiger partial charge in [-0.3, -0.25) is 4.79 Å². The van der Waals surface area contributed by atoms with Crippen LogP contribution in [0.15, 0.2) is 0 Å². The van der Waals surface area contributed by atoms with Crippen LogP contribution in [0.1, 0.15) is 6.42 Å². The van der Waals surface area contributed by atoms with Crippen LogP contribution in [0.4, 0.5) is 0 Å². The van der Waals surface area contributed by atoms with Crippen LogP contribution in [-0.2, 0) is 9.59 Å². The maximum absolute atomic E-state index is 9.72. The SMILES string of the molecule is O.O.O=C(O)CC(O)C(=O)O.[NaH]. The van der Waals surface area contributed by atoms with E-state index in [0.717, 1.165) is 0 Å². The number of aliphatic hydroxyl groups is 1. The number of aliphatic carboxylic acids is 2. The third-order valence-electron chi connectivity index (χ3n) is 0.653. The summed E-state index contributed by atoms with van der Waals surface area (Å²) in [5.41, 5.74) is 0. The molecule has 1 atom stereocenters. The zero-order chi connectivity index (χ0) is 7.44. The molecule has 1 unspecified atom stereocenters. The molecule has 8 heteroatoms. The fourth-order valence-corrected chi connectivity index (χ4v) is 0.253. The quantitative estimate of drug-likeness (QED) is 0.399. The molecule has 0 saturated carbocycles. The molecule has 0 amide bonds. The molecule has 0 aromatic rings. The van der Waals surface area contributed by atoms with Gasteiger partial charge in [-0.15, -0.1) is 0 Å². The Labute approximate surface area is 89.9 Å². The average molecular weight is 194 g/mol. The van der Waals surface area contributed by atoms with Crippen molar-refractivity contribution in [3.8, 4) is 0 Å². The van der Waals surface area contributed by atoms with Crippen LogP contribution in [0.25, 0.3) is 0 Å². The van der Waals surface area contributed by atoms with E-state index in [2.05, 4.69) is 0 Å². The van der Waals surface area contributed by atoms with Crippen LogP contribution >= 0.6 is 0 Å². The van der Waals surface area contributed by atoms with Crippen molar-refractivity contribution in [1.82, 2.24) is 0 Å². The van der Waals surface area contributed by atoms with Crippen molar-refractivity contribution in [3.05, 3.63) is 0 Å². The molecule has 0 aliphatic rings. The Kier molecular flexibility index (Phi) is 20.4. The Balaban J connectivity index is -0.000000107. The van der Waals surface area contributed by atoms with Gasteiger partial charge >= 0.3 is 41.5 Å². The predicted octanol–water partition coefficient (Wildman–Crippen LogP) is -3.39. The van der Waals surface area contributed by atoms with Crippen molar-refractivity contribution in [3.63, 3.8) is 0 Å². The molecule has 12 heavy (non-hydrogen) atoms. The molecule has 7 N–H and O–H groups in total. The first-order chi connectivity index (χ1) is 4.04. The van der Waals surface area contributed by atoms with Crippen LogP contribution in [0.5, 0.6) is 0 Å². The molecule has 0 bridgehead atoms. The topological polar surface area (TPSA) is 158 Å². The Morgan fingerprint density at radius 1 is 1.17 bits per heavy atom. The van der Waals surface area contributed by atoms with E-state index in [9.17, 15) is 9.59 Å². The van der Waals surface area contributed by atoms with Gasteiger partial charge in [0.1, 0.15) is 0 Å². The summed E-state index contributed by atoms with van der Waals surface area (Å²) < 4.78 is 0. The molecule has 70 valence electrons. The van der Waals surface area contributed by atoms with Gasteiger partial charge in [0.2, 0.25) is 0 Å². The van der Waals surface area contributed by atoms with Gasteiger partial charge < -0.3 is 26.3 Å². The number of carboxylic acids is 2. The number of hydrogen-bond acceptors (Lipinski definition) is 3. The van der Waals surface area contributed by atoms with Gasteiger partial charge in [-0.1, -0.05) is 0 Å². The first kappa shape index (κ1) is 22.6. The van der Waals surface area contributed by atoms with Crippen LogP contribution < -0.4 is 0 Å². The normalized spacial score (nSPS) is 9.42. The van der Waals surface area contributed by atoms with E-state index in [4.69, 9.17) is 15.3 Å². The first-order valence-corrected chi connectivity index (χ1v) is 2.16. The average Bonchev–Trinajstić information content (AvgIpc) is 1.63. The molecule has 0 fully saturated rings. The predicted molar refractivity (Wildman–Crippen MR) is 40.3 cm³/mol. The molecule has 0 saturated heterocycles. The van der Waals surface area contributed by atoms with Gasteiger partial charge in [-0.2, -0.15) is 0 Å². The van der Waals surface area contributed by atoms with Gasteiger partial charge in [0.15, 0.2) is 6.10 Å². The van der Waals surface area contributed by atoms with Gasteiger partial charge in [0, 0.05) is 0 Å². The summed E-state index contributed by atoms with van der Waals surface area (Å²) in [4.78, 5) is 19.4. The van der Waals surface area contributed by atoms with Crippen molar-refractivity contribution in [1.29, 1.82) is 0 Å². The first-order valence-electron chi connectivity index (χ1n) is 2.16. The second-order valence-corrected chi connectivity index (χ2v) is 1.45. The van der Waals surface area contributed by atoms with Gasteiger partial charge in [0.05, 0.1) is 6.42 Å². The molecule has 0 aliphatic carbocycles. The van der Waals surface area contributed by atoms with E-state index < -0.39 is 24.5 Å². The van der Waals surface area contributed by atoms with Gasteiger partial charge in [0.25, 0.3) is 0 Å². The monoisotopic (exact) mass is 194 g/mol. The number of carboxylic acid groups (broad SMARTS) is 2. The molecule has 7 nitrogen and oxygen atoms in total. The van der Waals surface area contributed by atoms with Crippen LogP contribution in [0.3, 0.4) is 0 Å². The minimum atomic E-state index is -1.79. The van der Waals surface area contributed by atoms with E-state index >= 15 is 0 Å². The van der Waals surface area contributed by atoms with E-state index in [1.54, 1.807) is 0 Å². The molecule has 0 aliphatic heterocycles. The zero-order valence-corrected chi connectivity index (χ0v) is 5.44. The molecular weight excluding hydrogens is 183 g/mol. The van der Waals surface area contributed by atoms with E-state index in [-0.39, 0.29) is 40.5 Å². The standard InChI is InChI=1S/C4H6O5.Na.2H2O.H/c5-2(4(8)9)1-3(6)7;;;;/h2,5H,1H2,(H,6,7)(H,8,9);;2*1H2;. The van der Waals surface area contributed by atoms with Gasteiger partial charge in [-0.25, -0.2) is 4.79 Å². The summed E-state index contributed by atoms with van der Waals surface area (Å²) in [5.74, 6) is -2.85. The Bertz CT molecular complexity index is 135. The number of aliphatic hydroxyl groups excluding tert-OH is 1. The third-order valence-corrected chi connectivity index (χ3v) is 0.653. The van der Waals surface area contributed by atoms with E-state index in [0.29, 0.717) is 0 Å². The maximum atomic E-state index is 9.72. The van der Waals surface area contributed by atoms with Crippen LogP contribution in [0, 0.1) is 0 Å². The van der Waals surface area contributed by atoms with Crippen LogP contribution in [-0.4, -0.2) is 73.9 Å². The van der Waals surface area contributed by atoms with E-state index in [1.807, 2.05) is 0 Å². The summed E-state index contributed by atoms with van der Waals surface area (Å²) in [6.45, 7) is 0. The van der Waals surface area contributed by atoms with Crippen LogP contribution in [0.2, 0.25) is 0 Å². The van der Waals surface area contributed by atoms with Crippen molar-refractivity contribution in [2.75, 3.05) is 0 Å². The van der Waals surface area contributed by atoms with Crippen molar-refractivity contribution >= 4 is 41.5 Å². The summed E-state index contributed by atoms with van der Waals surface area (Å²) in [5, 5.41) is 24.1. The zero-order valence-electron chi connectivity index (χ0n) is 5.44. The van der Waals surface area contributed by atoms with Gasteiger partial charge in [-0.05, 0) is 0 Å². The van der Waals surface area contributed by atoms with Crippen molar-refractivity contribution < 1.29 is 35.9 Å². The second kappa shape index (κ2) is 10.8. The van der Waals surface area contributed by atoms with Crippen molar-refractivity contribution in [2.24, 2.45) is 0 Å².